The molecule has 0 bridgehead atoms. The number of ether oxygens (including phenoxy) is 2. The number of carbonyl (C=O) groups is 6. The van der Waals surface area contributed by atoms with Gasteiger partial charge in [0.05, 0.1) is 10.8 Å². The maximum atomic E-state index is 11.6. The van der Waals surface area contributed by atoms with Crippen LogP contribution in [0.15, 0.2) is 12.2 Å². The van der Waals surface area contributed by atoms with Gasteiger partial charge in [0, 0.05) is 19.1 Å². The lowest BCUT2D eigenvalue weighted by Crippen LogP contribution is -2.39. The fraction of sp³-hybridized carbons (Fsp3) is 0.529. The monoisotopic (exact) mass is 369 g/mol. The molecule has 0 rings (SSSR count). The number of Topliss-reactive ketones (excluding diaryl/α,β-unsaturated/α-hetero) is 3. The van der Waals surface area contributed by atoms with Gasteiger partial charge in [-0.1, -0.05) is 0 Å². The van der Waals surface area contributed by atoms with Crippen LogP contribution in [0.2, 0.25) is 0 Å². The number of hydrogen-bond donors (Lipinski definition) is 1. The van der Waals surface area contributed by atoms with Crippen molar-refractivity contribution in [1.82, 2.24) is 0 Å². The van der Waals surface area contributed by atoms with E-state index in [0.29, 0.717) is 0 Å². The van der Waals surface area contributed by atoms with Crippen LogP contribution in [-0.4, -0.2) is 48.4 Å². The van der Waals surface area contributed by atoms with E-state index in [4.69, 9.17) is 15.2 Å². The molecule has 1 amide bonds. The van der Waals surface area contributed by atoms with Crippen molar-refractivity contribution in [2.75, 3.05) is 13.2 Å². The molecule has 0 aliphatic rings. The molecule has 9 nitrogen and oxygen atoms in total. The average Bonchev–Trinajstić information content (AvgIpc) is 2.54. The third-order valence-corrected chi connectivity index (χ3v) is 3.28. The van der Waals surface area contributed by atoms with Gasteiger partial charge in [-0.05, 0) is 27.7 Å². The topological polar surface area (TPSA) is 147 Å². The van der Waals surface area contributed by atoms with Gasteiger partial charge in [0.1, 0.15) is 13.2 Å². The zero-order valence-electron chi connectivity index (χ0n) is 15.4. The summed E-state index contributed by atoms with van der Waals surface area (Å²) >= 11 is 0. The van der Waals surface area contributed by atoms with Crippen LogP contribution in [0.3, 0.4) is 0 Å². The van der Waals surface area contributed by atoms with Crippen molar-refractivity contribution in [2.45, 2.75) is 34.6 Å². The van der Waals surface area contributed by atoms with E-state index in [1.807, 2.05) is 0 Å². The molecule has 0 unspecified atom stereocenters. The van der Waals surface area contributed by atoms with Crippen LogP contribution in [0.1, 0.15) is 34.6 Å². The Morgan fingerprint density at radius 1 is 0.769 bits per heavy atom. The van der Waals surface area contributed by atoms with Crippen LogP contribution in [-0.2, 0) is 38.2 Å². The third kappa shape index (κ3) is 7.37. The van der Waals surface area contributed by atoms with E-state index in [0.717, 1.165) is 19.1 Å². The van der Waals surface area contributed by atoms with Gasteiger partial charge in [-0.15, -0.1) is 0 Å². The maximum absolute atomic E-state index is 11.6. The summed E-state index contributed by atoms with van der Waals surface area (Å²) in [5, 5.41) is 0. The molecule has 0 spiro atoms. The minimum Gasteiger partial charge on any atom is -0.461 e. The van der Waals surface area contributed by atoms with Gasteiger partial charge < -0.3 is 15.2 Å². The molecule has 0 saturated carbocycles. The molecule has 0 aliphatic heterocycles. The van der Waals surface area contributed by atoms with Crippen molar-refractivity contribution in [3.63, 3.8) is 0 Å². The smallest absolute Gasteiger partial charge is 0.331 e. The van der Waals surface area contributed by atoms with Crippen LogP contribution in [0.4, 0.5) is 0 Å². The molecule has 0 aliphatic carbocycles. The first-order chi connectivity index (χ1) is 11.7. The Labute approximate surface area is 150 Å². The highest BCUT2D eigenvalue weighted by Crippen LogP contribution is 2.18. The van der Waals surface area contributed by atoms with Crippen LogP contribution < -0.4 is 5.73 Å². The molecule has 9 heteroatoms. The van der Waals surface area contributed by atoms with E-state index in [1.165, 1.54) is 27.7 Å². The van der Waals surface area contributed by atoms with Crippen LogP contribution >= 0.6 is 0 Å². The first kappa shape index (κ1) is 23.2. The first-order valence-corrected chi connectivity index (χ1v) is 7.62. The summed E-state index contributed by atoms with van der Waals surface area (Å²) in [7, 11) is 0. The molecule has 0 saturated heterocycles. The van der Waals surface area contributed by atoms with Crippen molar-refractivity contribution in [3.05, 3.63) is 12.2 Å². The summed E-state index contributed by atoms with van der Waals surface area (Å²) < 4.78 is 9.60. The number of amides is 1. The molecule has 0 aromatic heterocycles. The average molecular weight is 369 g/mol. The van der Waals surface area contributed by atoms with Gasteiger partial charge in [0.15, 0.2) is 5.78 Å². The van der Waals surface area contributed by atoms with E-state index < -0.39 is 52.6 Å². The molecular formula is C17H23NO8. The molecule has 0 radical (unpaired) electrons. The Balaban J connectivity index is 4.55. The van der Waals surface area contributed by atoms with Gasteiger partial charge >= 0.3 is 11.9 Å². The highest BCUT2D eigenvalue weighted by Gasteiger charge is 2.33. The Hall–Kier alpha value is -2.84. The minimum atomic E-state index is -1.30. The summed E-state index contributed by atoms with van der Waals surface area (Å²) in [5.41, 5.74) is 2.40. The number of nitrogens with two attached hydrogens (primary N) is 1. The number of rotatable bonds is 10. The van der Waals surface area contributed by atoms with Crippen molar-refractivity contribution in [3.8, 4) is 0 Å². The summed E-state index contributed by atoms with van der Waals surface area (Å²) in [6.07, 6.45) is 1.55. The van der Waals surface area contributed by atoms with Crippen LogP contribution in [0.5, 0.6) is 0 Å². The first-order valence-electron chi connectivity index (χ1n) is 7.62. The predicted molar refractivity (Wildman–Crippen MR) is 88.5 cm³/mol. The van der Waals surface area contributed by atoms with E-state index >= 15 is 0 Å². The second-order valence-electron chi connectivity index (χ2n) is 6.90. The fourth-order valence-corrected chi connectivity index (χ4v) is 1.68. The van der Waals surface area contributed by atoms with Crippen LogP contribution in [0, 0.1) is 10.8 Å². The number of primary amides is 1. The Kier molecular flexibility index (Phi) is 8.04. The molecule has 0 heterocycles. The van der Waals surface area contributed by atoms with E-state index in [9.17, 15) is 28.8 Å². The zero-order valence-corrected chi connectivity index (χ0v) is 15.4. The molecule has 0 fully saturated rings. The highest BCUT2D eigenvalue weighted by molar-refractivity contribution is 6.38. The third-order valence-electron chi connectivity index (χ3n) is 3.28. The zero-order chi connectivity index (χ0) is 20.7. The predicted octanol–water partition coefficient (Wildman–Crippen LogP) is -0.106. The molecule has 0 aromatic rings. The molecule has 0 atom stereocenters. The molecular weight excluding hydrogens is 346 g/mol. The van der Waals surface area contributed by atoms with Gasteiger partial charge in [0.2, 0.25) is 11.6 Å². The normalized spacial score (nSPS) is 11.7. The molecule has 0 aromatic carbocycles. The summed E-state index contributed by atoms with van der Waals surface area (Å²) in [5.74, 6) is -5.24. The minimum absolute atomic E-state index is 0.343. The summed E-state index contributed by atoms with van der Waals surface area (Å²) in [6.45, 7) is 6.00. The summed E-state index contributed by atoms with van der Waals surface area (Å²) in [6, 6.07) is 0. The van der Waals surface area contributed by atoms with E-state index in [2.05, 4.69) is 0 Å². The molecule has 144 valence electrons. The van der Waals surface area contributed by atoms with Gasteiger partial charge in [0.25, 0.3) is 5.91 Å². The number of hydrogen-bond acceptors (Lipinski definition) is 8. The Morgan fingerprint density at radius 2 is 1.12 bits per heavy atom. The van der Waals surface area contributed by atoms with Gasteiger partial charge in [-0.2, -0.15) is 0 Å². The second-order valence-corrected chi connectivity index (χ2v) is 6.90. The molecule has 26 heavy (non-hydrogen) atoms. The SMILES string of the molecule is CC(=O)C(=O)C(C)(C)COC(=O)/C=C/C(=O)OCC(C)(C)C(=O)C(N)=O. The largest absolute Gasteiger partial charge is 0.461 e. The molecule has 2 N–H and O–H groups in total. The number of carbonyl (C=O) groups excluding carboxylic acids is 6. The standard InChI is InChI=1S/C17H23NO8/c1-10(19)13(22)16(2,3)8-25-11(20)6-7-12(21)26-9-17(4,5)14(23)15(18)24/h6-7H,8-9H2,1-5H3,(H2,18,24)/b7-6+. The van der Waals surface area contributed by atoms with Crippen molar-refractivity contribution in [2.24, 2.45) is 16.6 Å². The second kappa shape index (κ2) is 9.02. The Bertz CT molecular complexity index is 602. The summed E-state index contributed by atoms with van der Waals surface area (Å²) in [4.78, 5) is 68.2. The number of esters is 2. The highest BCUT2D eigenvalue weighted by atomic mass is 16.5. The maximum Gasteiger partial charge on any atom is 0.331 e. The van der Waals surface area contributed by atoms with Crippen LogP contribution in [0.25, 0.3) is 0 Å². The lowest BCUT2D eigenvalue weighted by atomic mass is 9.87. The fourth-order valence-electron chi connectivity index (χ4n) is 1.68. The Morgan fingerprint density at radius 3 is 1.42 bits per heavy atom. The number of ketones is 3. The van der Waals surface area contributed by atoms with Crippen molar-refractivity contribution in [1.29, 1.82) is 0 Å². The van der Waals surface area contributed by atoms with Gasteiger partial charge in [-0.25, -0.2) is 9.59 Å². The lowest BCUT2D eigenvalue weighted by Gasteiger charge is -2.20. The van der Waals surface area contributed by atoms with E-state index in [1.54, 1.807) is 0 Å². The lowest BCUT2D eigenvalue weighted by molar-refractivity contribution is -0.150. The van der Waals surface area contributed by atoms with E-state index in [-0.39, 0.29) is 6.61 Å². The van der Waals surface area contributed by atoms with Crippen molar-refractivity contribution < 1.29 is 38.2 Å². The quantitative estimate of drug-likeness (QED) is 0.319. The van der Waals surface area contributed by atoms with Gasteiger partial charge in [-0.3, -0.25) is 19.2 Å². The van der Waals surface area contributed by atoms with Crippen molar-refractivity contribution >= 4 is 35.2 Å².